The zero-order valence-electron chi connectivity index (χ0n) is 10.8. The van der Waals surface area contributed by atoms with E-state index in [1.807, 2.05) is 36.4 Å². The van der Waals surface area contributed by atoms with E-state index in [0.717, 1.165) is 23.2 Å². The second-order valence-electron chi connectivity index (χ2n) is 4.27. The topological polar surface area (TPSA) is 27.0 Å². The second-order valence-corrected chi connectivity index (χ2v) is 5.19. The highest BCUT2D eigenvalue weighted by molar-refractivity contribution is 9.10. The fraction of sp³-hybridized carbons (Fsp3) is 0.188. The Balaban J connectivity index is 2.30. The van der Waals surface area contributed by atoms with Crippen molar-refractivity contribution in [3.63, 3.8) is 0 Å². The van der Waals surface area contributed by atoms with Crippen LogP contribution in [0.2, 0.25) is 0 Å². The Labute approximate surface area is 122 Å². The van der Waals surface area contributed by atoms with Crippen LogP contribution in [0.25, 0.3) is 0 Å². The molecule has 0 saturated heterocycles. The van der Waals surface area contributed by atoms with Crippen LogP contribution in [0, 0.1) is 11.3 Å². The van der Waals surface area contributed by atoms with Crippen LogP contribution >= 0.6 is 15.9 Å². The summed E-state index contributed by atoms with van der Waals surface area (Å²) < 4.78 is 0.934. The lowest BCUT2D eigenvalue weighted by atomic mass is 10.1. The molecule has 3 heteroatoms. The average Bonchev–Trinajstić information content (AvgIpc) is 2.46. The van der Waals surface area contributed by atoms with Gasteiger partial charge in [0, 0.05) is 17.6 Å². The molecule has 0 aliphatic heterocycles. The van der Waals surface area contributed by atoms with E-state index in [9.17, 15) is 5.26 Å². The van der Waals surface area contributed by atoms with Gasteiger partial charge in [-0.2, -0.15) is 5.26 Å². The van der Waals surface area contributed by atoms with Crippen LogP contribution in [-0.2, 0) is 6.54 Å². The van der Waals surface area contributed by atoms with E-state index >= 15 is 0 Å². The first-order valence-corrected chi connectivity index (χ1v) is 7.02. The van der Waals surface area contributed by atoms with E-state index < -0.39 is 0 Å². The van der Waals surface area contributed by atoms with Gasteiger partial charge in [0.1, 0.15) is 6.07 Å². The van der Waals surface area contributed by atoms with E-state index in [1.165, 1.54) is 5.56 Å². The molecule has 0 atom stereocenters. The smallest absolute Gasteiger partial charge is 0.101 e. The minimum atomic E-state index is 0.701. The van der Waals surface area contributed by atoms with E-state index in [2.05, 4.69) is 46.0 Å². The first-order chi connectivity index (χ1) is 9.24. The zero-order valence-corrected chi connectivity index (χ0v) is 12.4. The molecule has 0 unspecified atom stereocenters. The van der Waals surface area contributed by atoms with Crippen LogP contribution in [0.5, 0.6) is 0 Å². The molecule has 96 valence electrons. The summed E-state index contributed by atoms with van der Waals surface area (Å²) in [5, 5.41) is 9.26. The van der Waals surface area contributed by atoms with Crippen molar-refractivity contribution in [2.75, 3.05) is 11.4 Å². The van der Waals surface area contributed by atoms with Crippen molar-refractivity contribution in [3.05, 3.63) is 64.1 Å². The quantitative estimate of drug-likeness (QED) is 0.839. The van der Waals surface area contributed by atoms with Crippen LogP contribution < -0.4 is 4.90 Å². The number of hydrogen-bond acceptors (Lipinski definition) is 2. The maximum Gasteiger partial charge on any atom is 0.101 e. The summed E-state index contributed by atoms with van der Waals surface area (Å²) in [5.41, 5.74) is 2.93. The van der Waals surface area contributed by atoms with Crippen molar-refractivity contribution in [2.45, 2.75) is 13.5 Å². The van der Waals surface area contributed by atoms with Gasteiger partial charge in [-0.25, -0.2) is 0 Å². The molecule has 0 aliphatic rings. The molecular formula is C16H15BrN2. The molecule has 0 spiro atoms. The summed E-state index contributed by atoms with van der Waals surface area (Å²) >= 11 is 3.41. The summed E-state index contributed by atoms with van der Waals surface area (Å²) in [4.78, 5) is 2.21. The van der Waals surface area contributed by atoms with Crippen LogP contribution in [0.3, 0.4) is 0 Å². The van der Waals surface area contributed by atoms with E-state index in [-0.39, 0.29) is 0 Å². The van der Waals surface area contributed by atoms with Gasteiger partial charge in [-0.1, -0.05) is 46.3 Å². The number of benzene rings is 2. The third-order valence-corrected chi connectivity index (χ3v) is 3.51. The summed E-state index contributed by atoms with van der Waals surface area (Å²) in [6.45, 7) is 3.78. The summed E-state index contributed by atoms with van der Waals surface area (Å²) in [5.74, 6) is 0. The molecule has 0 saturated carbocycles. The predicted molar refractivity (Wildman–Crippen MR) is 82.0 cm³/mol. The number of halogens is 1. The highest BCUT2D eigenvalue weighted by Gasteiger charge is 2.10. The molecule has 0 N–H and O–H groups in total. The SMILES string of the molecule is CCN(Cc1ccccc1)c1ccc(Br)cc1C#N. The van der Waals surface area contributed by atoms with Gasteiger partial charge in [-0.05, 0) is 30.7 Å². The van der Waals surface area contributed by atoms with Crippen molar-refractivity contribution in [1.82, 2.24) is 0 Å². The number of anilines is 1. The molecule has 0 amide bonds. The van der Waals surface area contributed by atoms with Gasteiger partial charge in [0.05, 0.1) is 11.3 Å². The lowest BCUT2D eigenvalue weighted by Gasteiger charge is -2.24. The predicted octanol–water partition coefficient (Wildman–Crippen LogP) is 4.35. The zero-order chi connectivity index (χ0) is 13.7. The maximum absolute atomic E-state index is 9.26. The molecular weight excluding hydrogens is 300 g/mol. The van der Waals surface area contributed by atoms with Crippen molar-refractivity contribution >= 4 is 21.6 Å². The second kappa shape index (κ2) is 6.40. The minimum absolute atomic E-state index is 0.701. The Hall–Kier alpha value is -1.79. The highest BCUT2D eigenvalue weighted by Crippen LogP contribution is 2.25. The van der Waals surface area contributed by atoms with Gasteiger partial charge in [-0.3, -0.25) is 0 Å². The number of rotatable bonds is 4. The van der Waals surface area contributed by atoms with E-state index in [4.69, 9.17) is 0 Å². The Kier molecular flexibility index (Phi) is 4.59. The highest BCUT2D eigenvalue weighted by atomic mass is 79.9. The monoisotopic (exact) mass is 314 g/mol. The van der Waals surface area contributed by atoms with Crippen molar-refractivity contribution in [1.29, 1.82) is 5.26 Å². The summed E-state index contributed by atoms with van der Waals surface area (Å²) in [6.07, 6.45) is 0. The average molecular weight is 315 g/mol. The number of nitrogens with zero attached hydrogens (tertiary/aromatic N) is 2. The first-order valence-electron chi connectivity index (χ1n) is 6.23. The van der Waals surface area contributed by atoms with Crippen LogP contribution in [0.15, 0.2) is 53.0 Å². The minimum Gasteiger partial charge on any atom is -0.366 e. The molecule has 2 nitrogen and oxygen atoms in total. The van der Waals surface area contributed by atoms with Crippen LogP contribution in [-0.4, -0.2) is 6.54 Å². The molecule has 0 fully saturated rings. The standard InChI is InChI=1S/C16H15BrN2/c1-2-19(12-13-6-4-3-5-7-13)16-9-8-15(17)10-14(16)11-18/h3-10H,2,12H2,1H3. The number of hydrogen-bond donors (Lipinski definition) is 0. The Bertz CT molecular complexity index is 587. The molecule has 2 rings (SSSR count). The molecule has 0 radical (unpaired) electrons. The van der Waals surface area contributed by atoms with Crippen LogP contribution in [0.4, 0.5) is 5.69 Å². The normalized spacial score (nSPS) is 9.95. The van der Waals surface area contributed by atoms with Crippen molar-refractivity contribution < 1.29 is 0 Å². The lowest BCUT2D eigenvalue weighted by molar-refractivity contribution is 0.830. The summed E-state index contributed by atoms with van der Waals surface area (Å²) in [6, 6.07) is 18.4. The van der Waals surface area contributed by atoms with E-state index in [0.29, 0.717) is 5.56 Å². The Morgan fingerprint density at radius 1 is 1.16 bits per heavy atom. The van der Waals surface area contributed by atoms with Gasteiger partial charge in [0.25, 0.3) is 0 Å². The maximum atomic E-state index is 9.26. The van der Waals surface area contributed by atoms with Crippen molar-refractivity contribution in [2.24, 2.45) is 0 Å². The Morgan fingerprint density at radius 2 is 1.89 bits per heavy atom. The fourth-order valence-corrected chi connectivity index (χ4v) is 2.41. The third kappa shape index (κ3) is 3.36. The number of nitriles is 1. The Morgan fingerprint density at radius 3 is 2.53 bits per heavy atom. The van der Waals surface area contributed by atoms with Gasteiger partial charge in [-0.15, -0.1) is 0 Å². The largest absolute Gasteiger partial charge is 0.366 e. The van der Waals surface area contributed by atoms with Gasteiger partial charge < -0.3 is 4.90 Å². The molecule has 0 heterocycles. The van der Waals surface area contributed by atoms with Gasteiger partial charge in [0.15, 0.2) is 0 Å². The van der Waals surface area contributed by atoms with Gasteiger partial charge in [0.2, 0.25) is 0 Å². The molecule has 2 aromatic rings. The van der Waals surface area contributed by atoms with Crippen molar-refractivity contribution in [3.8, 4) is 6.07 Å². The molecule has 0 bridgehead atoms. The lowest BCUT2D eigenvalue weighted by Crippen LogP contribution is -2.22. The molecule has 2 aromatic carbocycles. The summed E-state index contributed by atoms with van der Waals surface area (Å²) in [7, 11) is 0. The molecule has 0 aromatic heterocycles. The first kappa shape index (κ1) is 13.6. The van der Waals surface area contributed by atoms with Crippen LogP contribution in [0.1, 0.15) is 18.1 Å². The third-order valence-electron chi connectivity index (χ3n) is 3.02. The fourth-order valence-electron chi connectivity index (χ4n) is 2.04. The van der Waals surface area contributed by atoms with Gasteiger partial charge >= 0.3 is 0 Å². The molecule has 19 heavy (non-hydrogen) atoms. The van der Waals surface area contributed by atoms with E-state index in [1.54, 1.807) is 0 Å². The molecule has 0 aliphatic carbocycles.